The van der Waals surface area contributed by atoms with Crippen molar-refractivity contribution in [3.8, 4) is 11.1 Å². The highest BCUT2D eigenvalue weighted by Crippen LogP contribution is 2.31. The molecule has 0 atom stereocenters. The SMILES string of the molecule is CCCCCCc1onc(N)c1-c1ccc(C)c(C)c1. The zero-order valence-electron chi connectivity index (χ0n) is 12.7. The Balaban J connectivity index is 2.22. The van der Waals surface area contributed by atoms with Crippen LogP contribution in [0.15, 0.2) is 22.7 Å². The largest absolute Gasteiger partial charge is 0.380 e. The van der Waals surface area contributed by atoms with Crippen molar-refractivity contribution in [2.24, 2.45) is 0 Å². The lowest BCUT2D eigenvalue weighted by Crippen LogP contribution is -1.92. The van der Waals surface area contributed by atoms with Crippen LogP contribution in [0, 0.1) is 13.8 Å². The normalized spacial score (nSPS) is 10.9. The molecule has 108 valence electrons. The Hall–Kier alpha value is -1.77. The maximum absolute atomic E-state index is 5.99. The third-order valence-corrected chi connectivity index (χ3v) is 3.84. The summed E-state index contributed by atoms with van der Waals surface area (Å²) in [5.41, 5.74) is 10.6. The number of hydrogen-bond donors (Lipinski definition) is 1. The van der Waals surface area contributed by atoms with Crippen molar-refractivity contribution in [2.45, 2.75) is 52.9 Å². The van der Waals surface area contributed by atoms with E-state index in [0.717, 1.165) is 29.7 Å². The summed E-state index contributed by atoms with van der Waals surface area (Å²) in [4.78, 5) is 0. The Morgan fingerprint density at radius 2 is 1.90 bits per heavy atom. The maximum atomic E-state index is 5.99. The van der Waals surface area contributed by atoms with Gasteiger partial charge in [-0.25, -0.2) is 0 Å². The molecule has 1 aromatic heterocycles. The fourth-order valence-electron chi connectivity index (χ4n) is 2.43. The van der Waals surface area contributed by atoms with Crippen LogP contribution in [-0.4, -0.2) is 5.16 Å². The number of benzene rings is 1. The van der Waals surface area contributed by atoms with Crippen LogP contribution in [0.4, 0.5) is 5.82 Å². The molecule has 1 heterocycles. The molecule has 2 N–H and O–H groups in total. The van der Waals surface area contributed by atoms with Crippen LogP contribution in [0.2, 0.25) is 0 Å². The van der Waals surface area contributed by atoms with Crippen molar-refractivity contribution in [3.05, 3.63) is 35.1 Å². The van der Waals surface area contributed by atoms with Crippen LogP contribution in [0.3, 0.4) is 0 Å². The molecule has 0 fully saturated rings. The monoisotopic (exact) mass is 272 g/mol. The van der Waals surface area contributed by atoms with E-state index in [1.54, 1.807) is 0 Å². The maximum Gasteiger partial charge on any atom is 0.175 e. The fourth-order valence-corrected chi connectivity index (χ4v) is 2.43. The molecule has 3 heteroatoms. The summed E-state index contributed by atoms with van der Waals surface area (Å²) in [6, 6.07) is 6.38. The van der Waals surface area contributed by atoms with Crippen LogP contribution in [0.5, 0.6) is 0 Å². The Labute approximate surface area is 121 Å². The van der Waals surface area contributed by atoms with Gasteiger partial charge in [-0.2, -0.15) is 0 Å². The zero-order chi connectivity index (χ0) is 14.5. The van der Waals surface area contributed by atoms with Crippen molar-refractivity contribution in [1.29, 1.82) is 0 Å². The predicted octanol–water partition coefficient (Wildman–Crippen LogP) is 4.66. The van der Waals surface area contributed by atoms with E-state index < -0.39 is 0 Å². The first-order valence-corrected chi connectivity index (χ1v) is 7.45. The van der Waals surface area contributed by atoms with Gasteiger partial charge in [-0.15, -0.1) is 0 Å². The molecule has 0 saturated carbocycles. The van der Waals surface area contributed by atoms with E-state index in [1.807, 2.05) is 0 Å². The molecule has 0 spiro atoms. The third kappa shape index (κ3) is 3.21. The second-order valence-electron chi connectivity index (χ2n) is 5.48. The molecular formula is C17H24N2O. The summed E-state index contributed by atoms with van der Waals surface area (Å²) in [5, 5.41) is 3.95. The van der Waals surface area contributed by atoms with E-state index in [9.17, 15) is 0 Å². The van der Waals surface area contributed by atoms with E-state index in [1.165, 1.54) is 30.4 Å². The molecule has 2 aromatic rings. The molecule has 0 aliphatic rings. The van der Waals surface area contributed by atoms with Crippen molar-refractivity contribution < 1.29 is 4.52 Å². The van der Waals surface area contributed by atoms with E-state index in [2.05, 4.69) is 44.1 Å². The molecule has 0 radical (unpaired) electrons. The van der Waals surface area contributed by atoms with Crippen LogP contribution < -0.4 is 5.73 Å². The number of aryl methyl sites for hydroxylation is 3. The smallest absolute Gasteiger partial charge is 0.175 e. The molecule has 0 aliphatic carbocycles. The van der Waals surface area contributed by atoms with Gasteiger partial charge in [0.25, 0.3) is 0 Å². The first-order valence-electron chi connectivity index (χ1n) is 7.45. The van der Waals surface area contributed by atoms with Crippen molar-refractivity contribution in [2.75, 3.05) is 5.73 Å². The number of nitrogen functional groups attached to an aromatic ring is 1. The lowest BCUT2D eigenvalue weighted by atomic mass is 9.98. The quantitative estimate of drug-likeness (QED) is 0.778. The van der Waals surface area contributed by atoms with Gasteiger partial charge >= 0.3 is 0 Å². The summed E-state index contributed by atoms with van der Waals surface area (Å²) in [6.07, 6.45) is 5.77. The second kappa shape index (κ2) is 6.60. The van der Waals surface area contributed by atoms with Gasteiger partial charge in [0.05, 0.1) is 5.56 Å². The second-order valence-corrected chi connectivity index (χ2v) is 5.48. The molecule has 0 bridgehead atoms. The Morgan fingerprint density at radius 3 is 2.60 bits per heavy atom. The molecule has 1 aromatic carbocycles. The van der Waals surface area contributed by atoms with Gasteiger partial charge in [-0.1, -0.05) is 49.5 Å². The highest BCUT2D eigenvalue weighted by Gasteiger charge is 2.15. The summed E-state index contributed by atoms with van der Waals surface area (Å²) in [5.74, 6) is 1.42. The average molecular weight is 272 g/mol. The minimum atomic E-state index is 0.499. The van der Waals surface area contributed by atoms with E-state index in [-0.39, 0.29) is 0 Å². The average Bonchev–Trinajstić information content (AvgIpc) is 2.79. The van der Waals surface area contributed by atoms with Crippen molar-refractivity contribution in [1.82, 2.24) is 5.16 Å². The highest BCUT2D eigenvalue weighted by atomic mass is 16.5. The number of nitrogens with zero attached hydrogens (tertiary/aromatic N) is 1. The number of aromatic nitrogens is 1. The Morgan fingerprint density at radius 1 is 1.10 bits per heavy atom. The molecule has 0 unspecified atom stereocenters. The minimum Gasteiger partial charge on any atom is -0.380 e. The van der Waals surface area contributed by atoms with Gasteiger partial charge in [-0.3, -0.25) is 0 Å². The van der Waals surface area contributed by atoms with Crippen LogP contribution in [0.25, 0.3) is 11.1 Å². The van der Waals surface area contributed by atoms with Crippen LogP contribution in [0.1, 0.15) is 49.5 Å². The summed E-state index contributed by atoms with van der Waals surface area (Å²) < 4.78 is 5.43. The third-order valence-electron chi connectivity index (χ3n) is 3.84. The standard InChI is InChI=1S/C17H24N2O/c1-4-5-6-7-8-15-16(17(18)19-20-15)14-10-9-12(2)13(3)11-14/h9-11H,4-8H2,1-3H3,(H2,18,19). The predicted molar refractivity (Wildman–Crippen MR) is 83.7 cm³/mol. The van der Waals surface area contributed by atoms with E-state index >= 15 is 0 Å². The molecule has 3 nitrogen and oxygen atoms in total. The Kier molecular flexibility index (Phi) is 4.83. The van der Waals surface area contributed by atoms with Gasteiger partial charge in [0.1, 0.15) is 5.76 Å². The molecule has 0 saturated heterocycles. The molecule has 0 aliphatic heterocycles. The number of anilines is 1. The molecular weight excluding hydrogens is 248 g/mol. The first kappa shape index (κ1) is 14.6. The van der Waals surface area contributed by atoms with Crippen LogP contribution in [-0.2, 0) is 6.42 Å². The van der Waals surface area contributed by atoms with Crippen LogP contribution >= 0.6 is 0 Å². The lowest BCUT2D eigenvalue weighted by molar-refractivity contribution is 0.382. The number of hydrogen-bond acceptors (Lipinski definition) is 3. The van der Waals surface area contributed by atoms with Gasteiger partial charge in [0.15, 0.2) is 5.82 Å². The topological polar surface area (TPSA) is 52.0 Å². The summed E-state index contributed by atoms with van der Waals surface area (Å²) >= 11 is 0. The number of unbranched alkanes of at least 4 members (excludes halogenated alkanes) is 3. The van der Waals surface area contributed by atoms with Gasteiger partial charge in [-0.05, 0) is 37.0 Å². The minimum absolute atomic E-state index is 0.499. The van der Waals surface area contributed by atoms with Gasteiger partial charge in [0.2, 0.25) is 0 Å². The van der Waals surface area contributed by atoms with Gasteiger partial charge in [0, 0.05) is 6.42 Å². The molecule has 20 heavy (non-hydrogen) atoms. The molecule has 0 amide bonds. The lowest BCUT2D eigenvalue weighted by Gasteiger charge is -2.06. The van der Waals surface area contributed by atoms with Gasteiger partial charge < -0.3 is 10.3 Å². The summed E-state index contributed by atoms with van der Waals surface area (Å²) in [6.45, 7) is 6.44. The first-order chi connectivity index (χ1) is 9.63. The van der Waals surface area contributed by atoms with E-state index in [4.69, 9.17) is 10.3 Å². The van der Waals surface area contributed by atoms with E-state index in [0.29, 0.717) is 5.82 Å². The fraction of sp³-hybridized carbons (Fsp3) is 0.471. The molecule has 2 rings (SSSR count). The Bertz CT molecular complexity index is 572. The van der Waals surface area contributed by atoms with Crippen molar-refractivity contribution >= 4 is 5.82 Å². The number of nitrogens with two attached hydrogens (primary N) is 1. The summed E-state index contributed by atoms with van der Waals surface area (Å²) in [7, 11) is 0. The number of rotatable bonds is 6. The highest BCUT2D eigenvalue weighted by molar-refractivity contribution is 5.76. The van der Waals surface area contributed by atoms with Crippen molar-refractivity contribution in [3.63, 3.8) is 0 Å². The zero-order valence-corrected chi connectivity index (χ0v) is 12.7.